The van der Waals surface area contributed by atoms with Crippen LogP contribution in [0.1, 0.15) is 21.5 Å². The summed E-state index contributed by atoms with van der Waals surface area (Å²) in [5.41, 5.74) is 2.94. The van der Waals surface area contributed by atoms with Gasteiger partial charge in [-0.3, -0.25) is 9.59 Å². The number of nitrogens with zero attached hydrogens (tertiary/aromatic N) is 1. The fourth-order valence-corrected chi connectivity index (χ4v) is 4.73. The van der Waals surface area contributed by atoms with Crippen LogP contribution < -0.4 is 16.0 Å². The van der Waals surface area contributed by atoms with Crippen molar-refractivity contribution in [3.05, 3.63) is 77.4 Å². The van der Waals surface area contributed by atoms with Crippen LogP contribution in [0, 0.1) is 6.92 Å². The molecule has 8 heteroatoms. The number of hydrogen-bond acceptors (Lipinski definition) is 4. The molecule has 3 aromatic carbocycles. The number of rotatable bonds is 6. The van der Waals surface area contributed by atoms with Crippen LogP contribution in [-0.2, 0) is 22.3 Å². The first-order valence-corrected chi connectivity index (χ1v) is 12.4. The molecule has 2 amide bonds. The Labute approximate surface area is 196 Å². The first-order chi connectivity index (χ1) is 15.9. The molecule has 0 aliphatic carbocycles. The molecule has 0 radical (unpaired) electrons. The third-order valence-electron chi connectivity index (χ3n) is 5.89. The van der Waals surface area contributed by atoms with Crippen molar-refractivity contribution in [1.29, 1.82) is 0 Å². The second-order valence-electron chi connectivity index (χ2n) is 8.16. The maximum atomic E-state index is 13.0. The van der Waals surface area contributed by atoms with E-state index < -0.39 is 17.0 Å². The second-order valence-corrected chi connectivity index (χ2v) is 9.52. The Kier molecular flexibility index (Phi) is 7.17. The number of anilines is 1. The van der Waals surface area contributed by atoms with Crippen LogP contribution in [0.25, 0.3) is 10.8 Å². The van der Waals surface area contributed by atoms with Gasteiger partial charge in [-0.1, -0.05) is 48.5 Å². The molecule has 3 aromatic rings. The number of piperazine rings is 1. The van der Waals surface area contributed by atoms with Crippen molar-refractivity contribution in [1.82, 2.24) is 14.9 Å². The fraction of sp³-hybridized carbons (Fsp3) is 0.280. The van der Waals surface area contributed by atoms with Crippen LogP contribution in [0.4, 0.5) is 5.69 Å². The Morgan fingerprint density at radius 3 is 2.73 bits per heavy atom. The van der Waals surface area contributed by atoms with Gasteiger partial charge in [-0.25, -0.2) is 8.51 Å². The van der Waals surface area contributed by atoms with Crippen LogP contribution >= 0.6 is 0 Å². The molecule has 33 heavy (non-hydrogen) atoms. The summed E-state index contributed by atoms with van der Waals surface area (Å²) < 4.78 is 13.5. The van der Waals surface area contributed by atoms with Gasteiger partial charge in [0.1, 0.15) is 6.04 Å². The molecule has 7 nitrogen and oxygen atoms in total. The summed E-state index contributed by atoms with van der Waals surface area (Å²) in [4.78, 5) is 25.7. The standard InChI is InChI=1S/C25H28N4O3S/c1-17-10-11-20(28-25(31)23-16-29(33(2)32)13-12-26-23)14-22(17)24(30)27-15-19-8-5-7-18-6-3-4-9-21(18)19/h3-11,14,23,26H,12-13,15-16H2,1-2H3,(H,27,30)(H,28,31). The molecule has 1 saturated heterocycles. The van der Waals surface area contributed by atoms with E-state index in [1.807, 2.05) is 43.3 Å². The lowest BCUT2D eigenvalue weighted by atomic mass is 10.0. The summed E-state index contributed by atoms with van der Waals surface area (Å²) in [7, 11) is -1.12. The quantitative estimate of drug-likeness (QED) is 0.523. The molecular weight excluding hydrogens is 436 g/mol. The molecule has 1 heterocycles. The Balaban J connectivity index is 1.43. The molecule has 0 saturated carbocycles. The van der Waals surface area contributed by atoms with Crippen molar-refractivity contribution >= 4 is 39.3 Å². The largest absolute Gasteiger partial charge is 0.348 e. The smallest absolute Gasteiger partial charge is 0.251 e. The molecule has 1 aliphatic heterocycles. The van der Waals surface area contributed by atoms with Crippen LogP contribution in [0.5, 0.6) is 0 Å². The van der Waals surface area contributed by atoms with E-state index in [1.165, 1.54) is 0 Å². The maximum Gasteiger partial charge on any atom is 0.251 e. The Bertz CT molecular complexity index is 1210. The number of nitrogens with one attached hydrogen (secondary N) is 3. The van der Waals surface area contributed by atoms with Crippen LogP contribution in [-0.4, -0.2) is 52.3 Å². The average Bonchev–Trinajstić information content (AvgIpc) is 2.83. The van der Waals surface area contributed by atoms with Gasteiger partial charge in [0.25, 0.3) is 5.91 Å². The number of fused-ring (bicyclic) bond motifs is 1. The Morgan fingerprint density at radius 1 is 1.12 bits per heavy atom. The van der Waals surface area contributed by atoms with Gasteiger partial charge in [-0.2, -0.15) is 0 Å². The van der Waals surface area contributed by atoms with Crippen LogP contribution in [0.15, 0.2) is 60.7 Å². The van der Waals surface area contributed by atoms with Gasteiger partial charge in [0.15, 0.2) is 0 Å². The van der Waals surface area contributed by atoms with Crippen LogP contribution in [0.2, 0.25) is 0 Å². The third kappa shape index (κ3) is 5.47. The van der Waals surface area contributed by atoms with E-state index in [-0.39, 0.29) is 11.8 Å². The molecule has 3 N–H and O–H groups in total. The van der Waals surface area contributed by atoms with Crippen molar-refractivity contribution in [2.75, 3.05) is 31.2 Å². The lowest BCUT2D eigenvalue weighted by Crippen LogP contribution is -2.55. The highest BCUT2D eigenvalue weighted by molar-refractivity contribution is 7.81. The third-order valence-corrected chi connectivity index (χ3v) is 6.95. The number of benzene rings is 3. The van der Waals surface area contributed by atoms with E-state index in [0.29, 0.717) is 37.4 Å². The number of carbonyl (C=O) groups excluding carboxylic acids is 2. The van der Waals surface area contributed by atoms with E-state index in [1.54, 1.807) is 22.7 Å². The summed E-state index contributed by atoms with van der Waals surface area (Å²) in [6.07, 6.45) is 1.61. The average molecular weight is 465 g/mol. The zero-order chi connectivity index (χ0) is 23.4. The van der Waals surface area contributed by atoms with E-state index in [4.69, 9.17) is 0 Å². The first-order valence-electron chi connectivity index (χ1n) is 10.9. The highest BCUT2D eigenvalue weighted by Crippen LogP contribution is 2.20. The highest BCUT2D eigenvalue weighted by Gasteiger charge is 2.27. The van der Waals surface area contributed by atoms with Gasteiger partial charge >= 0.3 is 0 Å². The summed E-state index contributed by atoms with van der Waals surface area (Å²) in [5.74, 6) is -0.406. The summed E-state index contributed by atoms with van der Waals surface area (Å²) in [6, 6.07) is 19.0. The van der Waals surface area contributed by atoms with Crippen molar-refractivity contribution in [2.24, 2.45) is 0 Å². The molecule has 2 atom stereocenters. The molecule has 2 unspecified atom stereocenters. The molecule has 1 aliphatic rings. The topological polar surface area (TPSA) is 90.5 Å². The normalized spacial score (nSPS) is 17.5. The minimum Gasteiger partial charge on any atom is -0.348 e. The number of hydrogen-bond donors (Lipinski definition) is 3. The van der Waals surface area contributed by atoms with Gasteiger partial charge < -0.3 is 16.0 Å². The van der Waals surface area contributed by atoms with Gasteiger partial charge in [0.2, 0.25) is 5.91 Å². The predicted octanol–water partition coefficient (Wildman–Crippen LogP) is 2.58. The minimum atomic E-state index is -1.12. The molecule has 172 valence electrons. The van der Waals surface area contributed by atoms with Crippen molar-refractivity contribution < 1.29 is 13.8 Å². The SMILES string of the molecule is Cc1ccc(NC(=O)C2CN(S(C)=O)CCN2)cc1C(=O)NCc1cccc2ccccc12. The van der Waals surface area contributed by atoms with Crippen molar-refractivity contribution in [3.8, 4) is 0 Å². The minimum absolute atomic E-state index is 0.195. The van der Waals surface area contributed by atoms with Gasteiger partial charge in [0, 0.05) is 43.7 Å². The summed E-state index contributed by atoms with van der Waals surface area (Å²) in [5, 5.41) is 11.3. The second kappa shape index (κ2) is 10.2. The van der Waals surface area contributed by atoms with Crippen LogP contribution in [0.3, 0.4) is 0 Å². The monoisotopic (exact) mass is 464 g/mol. The molecular formula is C25H28N4O3S. The molecule has 4 rings (SSSR count). The first kappa shape index (κ1) is 23.1. The van der Waals surface area contributed by atoms with E-state index in [9.17, 15) is 13.8 Å². The number of aryl methyl sites for hydroxylation is 1. The zero-order valence-electron chi connectivity index (χ0n) is 18.8. The zero-order valence-corrected chi connectivity index (χ0v) is 19.6. The molecule has 0 bridgehead atoms. The summed E-state index contributed by atoms with van der Waals surface area (Å²) in [6.45, 7) is 3.88. The van der Waals surface area contributed by atoms with Gasteiger partial charge in [0.05, 0.1) is 11.0 Å². The van der Waals surface area contributed by atoms with E-state index >= 15 is 0 Å². The molecule has 1 fully saturated rings. The molecule has 0 aromatic heterocycles. The number of amides is 2. The van der Waals surface area contributed by atoms with Crippen molar-refractivity contribution in [3.63, 3.8) is 0 Å². The Morgan fingerprint density at radius 2 is 1.91 bits per heavy atom. The van der Waals surface area contributed by atoms with Crippen molar-refractivity contribution in [2.45, 2.75) is 19.5 Å². The highest BCUT2D eigenvalue weighted by atomic mass is 32.2. The predicted molar refractivity (Wildman–Crippen MR) is 132 cm³/mol. The lowest BCUT2D eigenvalue weighted by molar-refractivity contribution is -0.118. The fourth-order valence-electron chi connectivity index (χ4n) is 4.02. The van der Waals surface area contributed by atoms with E-state index in [0.717, 1.165) is 21.9 Å². The maximum absolute atomic E-state index is 13.0. The number of carbonyl (C=O) groups is 2. The lowest BCUT2D eigenvalue weighted by Gasteiger charge is -2.30. The van der Waals surface area contributed by atoms with Gasteiger partial charge in [-0.15, -0.1) is 0 Å². The summed E-state index contributed by atoms with van der Waals surface area (Å²) >= 11 is 0. The molecule has 0 spiro atoms. The Hall–Kier alpha value is -3.07. The van der Waals surface area contributed by atoms with E-state index in [2.05, 4.69) is 28.1 Å². The van der Waals surface area contributed by atoms with Gasteiger partial charge in [-0.05, 0) is 41.0 Å².